The van der Waals surface area contributed by atoms with E-state index in [0.29, 0.717) is 5.92 Å². The maximum atomic E-state index is 6.02. The third kappa shape index (κ3) is 5.22. The van der Waals surface area contributed by atoms with Gasteiger partial charge >= 0.3 is 0 Å². The number of hydrogen-bond donors (Lipinski definition) is 2. The Balaban J connectivity index is 2.36. The average Bonchev–Trinajstić information content (AvgIpc) is 2.34. The second-order valence-corrected chi connectivity index (χ2v) is 5.06. The first-order valence-corrected chi connectivity index (χ1v) is 6.73. The molecule has 1 aromatic rings. The first-order valence-electron chi connectivity index (χ1n) is 6.73. The largest absolute Gasteiger partial charge is 0.383 e. The lowest BCUT2D eigenvalue weighted by Crippen LogP contribution is -2.28. The Morgan fingerprint density at radius 1 is 1.18 bits per heavy atom. The zero-order valence-electron chi connectivity index (χ0n) is 11.4. The molecule has 1 aromatic carbocycles. The van der Waals surface area contributed by atoms with Gasteiger partial charge in [0.15, 0.2) is 0 Å². The van der Waals surface area contributed by atoms with E-state index in [-0.39, 0.29) is 6.04 Å². The Bertz CT molecular complexity index is 303. The Labute approximate surface area is 106 Å². The highest BCUT2D eigenvalue weighted by Gasteiger charge is 2.02. The second kappa shape index (κ2) is 7.33. The number of nitrogens with one attached hydrogen (secondary N) is 1. The molecule has 0 heterocycles. The standard InChI is InChI=1S/C15H26N2/c1-4-5-6-14(16)11-17-15-9-7-13(8-10-15)12(2)3/h7-10,12,14,17H,4-6,11,16H2,1-3H3. The van der Waals surface area contributed by atoms with Crippen molar-refractivity contribution >= 4 is 5.69 Å². The van der Waals surface area contributed by atoms with Crippen LogP contribution >= 0.6 is 0 Å². The highest BCUT2D eigenvalue weighted by atomic mass is 14.9. The van der Waals surface area contributed by atoms with Gasteiger partial charge in [0.2, 0.25) is 0 Å². The zero-order valence-corrected chi connectivity index (χ0v) is 11.4. The molecular formula is C15H26N2. The molecule has 0 aliphatic carbocycles. The van der Waals surface area contributed by atoms with Crippen molar-refractivity contribution in [3.8, 4) is 0 Å². The summed E-state index contributed by atoms with van der Waals surface area (Å²) in [5.41, 5.74) is 8.57. The molecule has 0 radical (unpaired) electrons. The maximum absolute atomic E-state index is 6.02. The Morgan fingerprint density at radius 3 is 2.35 bits per heavy atom. The Morgan fingerprint density at radius 2 is 1.82 bits per heavy atom. The minimum atomic E-state index is 0.264. The van der Waals surface area contributed by atoms with Crippen molar-refractivity contribution < 1.29 is 0 Å². The lowest BCUT2D eigenvalue weighted by molar-refractivity contribution is 0.596. The highest BCUT2D eigenvalue weighted by Crippen LogP contribution is 2.17. The van der Waals surface area contributed by atoms with Crippen molar-refractivity contribution in [3.63, 3.8) is 0 Å². The van der Waals surface area contributed by atoms with E-state index < -0.39 is 0 Å². The number of unbranched alkanes of at least 4 members (excludes halogenated alkanes) is 1. The smallest absolute Gasteiger partial charge is 0.0340 e. The summed E-state index contributed by atoms with van der Waals surface area (Å²) in [6.45, 7) is 7.48. The quantitative estimate of drug-likeness (QED) is 0.754. The SMILES string of the molecule is CCCCC(N)CNc1ccc(C(C)C)cc1. The van der Waals surface area contributed by atoms with Crippen LogP contribution < -0.4 is 11.1 Å². The monoisotopic (exact) mass is 234 g/mol. The summed E-state index contributed by atoms with van der Waals surface area (Å²) >= 11 is 0. The Kier molecular flexibility index (Phi) is 6.06. The fourth-order valence-electron chi connectivity index (χ4n) is 1.80. The predicted molar refractivity (Wildman–Crippen MR) is 76.5 cm³/mol. The van der Waals surface area contributed by atoms with Gasteiger partial charge in [-0.15, -0.1) is 0 Å². The molecular weight excluding hydrogens is 208 g/mol. The molecule has 2 nitrogen and oxygen atoms in total. The molecule has 1 unspecified atom stereocenters. The molecule has 0 saturated carbocycles. The summed E-state index contributed by atoms with van der Waals surface area (Å²) in [6, 6.07) is 8.92. The van der Waals surface area contributed by atoms with E-state index in [0.717, 1.165) is 13.0 Å². The van der Waals surface area contributed by atoms with Gasteiger partial charge in [0, 0.05) is 18.3 Å². The van der Waals surface area contributed by atoms with Crippen LogP contribution in [0, 0.1) is 0 Å². The van der Waals surface area contributed by atoms with Crippen molar-refractivity contribution in [3.05, 3.63) is 29.8 Å². The summed E-state index contributed by atoms with van der Waals surface area (Å²) in [5, 5.41) is 3.39. The normalized spacial score (nSPS) is 12.8. The zero-order chi connectivity index (χ0) is 12.7. The van der Waals surface area contributed by atoms with Crippen LogP contribution in [-0.2, 0) is 0 Å². The minimum absolute atomic E-state index is 0.264. The minimum Gasteiger partial charge on any atom is -0.383 e. The van der Waals surface area contributed by atoms with Gasteiger partial charge in [-0.2, -0.15) is 0 Å². The number of nitrogens with two attached hydrogens (primary N) is 1. The Hall–Kier alpha value is -1.02. The van der Waals surface area contributed by atoms with E-state index >= 15 is 0 Å². The molecule has 3 N–H and O–H groups in total. The molecule has 1 atom stereocenters. The fourth-order valence-corrected chi connectivity index (χ4v) is 1.80. The van der Waals surface area contributed by atoms with Crippen molar-refractivity contribution in [2.45, 2.75) is 52.0 Å². The summed E-state index contributed by atoms with van der Waals surface area (Å²) in [7, 11) is 0. The van der Waals surface area contributed by atoms with Gasteiger partial charge in [-0.3, -0.25) is 0 Å². The number of hydrogen-bond acceptors (Lipinski definition) is 2. The molecule has 0 spiro atoms. The number of rotatable bonds is 7. The summed E-state index contributed by atoms with van der Waals surface area (Å²) in [5.74, 6) is 0.593. The van der Waals surface area contributed by atoms with Crippen LogP contribution in [0.25, 0.3) is 0 Å². The molecule has 2 heteroatoms. The predicted octanol–water partition coefficient (Wildman–Crippen LogP) is 3.74. The van der Waals surface area contributed by atoms with E-state index in [1.807, 2.05) is 0 Å². The lowest BCUT2D eigenvalue weighted by Gasteiger charge is -2.14. The van der Waals surface area contributed by atoms with Crippen molar-refractivity contribution in [1.29, 1.82) is 0 Å². The molecule has 0 amide bonds. The van der Waals surface area contributed by atoms with E-state index in [4.69, 9.17) is 5.73 Å². The molecule has 1 rings (SSSR count). The number of anilines is 1. The third-order valence-electron chi connectivity index (χ3n) is 3.07. The number of benzene rings is 1. The van der Waals surface area contributed by atoms with E-state index in [1.54, 1.807) is 0 Å². The molecule has 0 saturated heterocycles. The van der Waals surface area contributed by atoms with Gasteiger partial charge in [0.1, 0.15) is 0 Å². The summed E-state index contributed by atoms with van der Waals surface area (Å²) < 4.78 is 0. The van der Waals surface area contributed by atoms with Crippen LogP contribution in [0.3, 0.4) is 0 Å². The maximum Gasteiger partial charge on any atom is 0.0340 e. The van der Waals surface area contributed by atoms with Crippen molar-refractivity contribution in [2.24, 2.45) is 5.73 Å². The summed E-state index contributed by atoms with van der Waals surface area (Å²) in [4.78, 5) is 0. The third-order valence-corrected chi connectivity index (χ3v) is 3.07. The van der Waals surface area contributed by atoms with Gasteiger partial charge in [-0.1, -0.05) is 45.7 Å². The molecule has 96 valence electrons. The van der Waals surface area contributed by atoms with Crippen LogP contribution in [0.5, 0.6) is 0 Å². The van der Waals surface area contributed by atoms with E-state index in [1.165, 1.54) is 24.1 Å². The summed E-state index contributed by atoms with van der Waals surface area (Å²) in [6.07, 6.45) is 3.54. The van der Waals surface area contributed by atoms with Crippen LogP contribution in [-0.4, -0.2) is 12.6 Å². The van der Waals surface area contributed by atoms with E-state index in [2.05, 4.69) is 50.4 Å². The van der Waals surface area contributed by atoms with Gasteiger partial charge in [0.25, 0.3) is 0 Å². The molecule has 0 bridgehead atoms. The van der Waals surface area contributed by atoms with Crippen LogP contribution in [0.2, 0.25) is 0 Å². The first kappa shape index (κ1) is 14.0. The average molecular weight is 234 g/mol. The van der Waals surface area contributed by atoms with Gasteiger partial charge < -0.3 is 11.1 Å². The molecule has 0 aliphatic rings. The van der Waals surface area contributed by atoms with E-state index in [9.17, 15) is 0 Å². The van der Waals surface area contributed by atoms with Crippen LogP contribution in [0.4, 0.5) is 5.69 Å². The van der Waals surface area contributed by atoms with Crippen LogP contribution in [0.15, 0.2) is 24.3 Å². The lowest BCUT2D eigenvalue weighted by atomic mass is 10.0. The molecule has 0 fully saturated rings. The first-order chi connectivity index (χ1) is 8.13. The van der Waals surface area contributed by atoms with Crippen molar-refractivity contribution in [2.75, 3.05) is 11.9 Å². The second-order valence-electron chi connectivity index (χ2n) is 5.06. The highest BCUT2D eigenvalue weighted by molar-refractivity contribution is 5.45. The molecule has 0 aromatic heterocycles. The molecule has 17 heavy (non-hydrogen) atoms. The fraction of sp³-hybridized carbons (Fsp3) is 0.600. The van der Waals surface area contributed by atoms with Gasteiger partial charge in [-0.05, 0) is 30.0 Å². The van der Waals surface area contributed by atoms with Crippen LogP contribution in [0.1, 0.15) is 51.5 Å². The van der Waals surface area contributed by atoms with Gasteiger partial charge in [0.05, 0.1) is 0 Å². The van der Waals surface area contributed by atoms with Gasteiger partial charge in [-0.25, -0.2) is 0 Å². The van der Waals surface area contributed by atoms with Crippen molar-refractivity contribution in [1.82, 2.24) is 0 Å². The molecule has 0 aliphatic heterocycles. The topological polar surface area (TPSA) is 38.0 Å².